The maximum Gasteiger partial charge on any atom is 0.227 e. The summed E-state index contributed by atoms with van der Waals surface area (Å²) >= 11 is 0. The van der Waals surface area contributed by atoms with E-state index in [-0.39, 0.29) is 5.91 Å². The first-order valence-corrected chi connectivity index (χ1v) is 6.79. The van der Waals surface area contributed by atoms with Gasteiger partial charge in [-0.25, -0.2) is 0 Å². The molecule has 96 valence electrons. The number of rotatable bonds is 2. The largest absolute Gasteiger partial charge is 0.340 e. The van der Waals surface area contributed by atoms with Crippen molar-refractivity contribution < 1.29 is 4.79 Å². The van der Waals surface area contributed by atoms with E-state index in [0.29, 0.717) is 18.4 Å². The highest BCUT2D eigenvalue weighted by Gasteiger charge is 2.37. The lowest BCUT2D eigenvalue weighted by Gasteiger charge is -2.17. The Morgan fingerprint density at radius 3 is 2.83 bits per heavy atom. The molecule has 0 bridgehead atoms. The van der Waals surface area contributed by atoms with E-state index >= 15 is 0 Å². The minimum Gasteiger partial charge on any atom is -0.340 e. The third kappa shape index (κ3) is 2.27. The Labute approximate surface area is 108 Å². The van der Waals surface area contributed by atoms with Crippen molar-refractivity contribution in [1.29, 1.82) is 0 Å². The monoisotopic (exact) mass is 244 g/mol. The summed E-state index contributed by atoms with van der Waals surface area (Å²) in [6.07, 6.45) is 1.76. The number of benzene rings is 1. The van der Waals surface area contributed by atoms with Crippen LogP contribution < -0.4 is 5.32 Å². The molecule has 0 aliphatic carbocycles. The topological polar surface area (TPSA) is 32.3 Å². The first-order chi connectivity index (χ1) is 8.72. The highest BCUT2D eigenvalue weighted by atomic mass is 16.2. The first-order valence-electron chi connectivity index (χ1n) is 6.79. The van der Waals surface area contributed by atoms with Gasteiger partial charge in [0.15, 0.2) is 0 Å². The van der Waals surface area contributed by atoms with Crippen LogP contribution in [0.2, 0.25) is 0 Å². The molecule has 0 spiro atoms. The molecule has 2 fully saturated rings. The molecule has 1 aromatic rings. The molecule has 3 nitrogen and oxygen atoms in total. The van der Waals surface area contributed by atoms with Crippen LogP contribution >= 0.6 is 0 Å². The fourth-order valence-corrected chi connectivity index (χ4v) is 3.05. The van der Waals surface area contributed by atoms with Gasteiger partial charge < -0.3 is 10.2 Å². The average molecular weight is 244 g/mol. The van der Waals surface area contributed by atoms with Crippen LogP contribution in [-0.4, -0.2) is 36.5 Å². The van der Waals surface area contributed by atoms with Crippen molar-refractivity contribution in [3.63, 3.8) is 0 Å². The maximum absolute atomic E-state index is 12.2. The van der Waals surface area contributed by atoms with Crippen molar-refractivity contribution in [3.8, 4) is 0 Å². The molecule has 2 heterocycles. The Hall–Kier alpha value is -1.35. The molecule has 2 aliphatic heterocycles. The van der Waals surface area contributed by atoms with Gasteiger partial charge in [-0.15, -0.1) is 0 Å². The molecule has 3 heteroatoms. The summed E-state index contributed by atoms with van der Waals surface area (Å²) in [5.74, 6) is 0.960. The Bertz CT molecular complexity index is 428. The number of carbonyl (C=O) groups is 1. The summed E-state index contributed by atoms with van der Waals surface area (Å²) in [5, 5.41) is 3.48. The van der Waals surface area contributed by atoms with E-state index in [1.807, 2.05) is 4.90 Å². The fourth-order valence-electron chi connectivity index (χ4n) is 3.05. The summed E-state index contributed by atoms with van der Waals surface area (Å²) in [4.78, 5) is 14.3. The van der Waals surface area contributed by atoms with E-state index in [1.54, 1.807) is 0 Å². The fraction of sp³-hybridized carbons (Fsp3) is 0.533. The van der Waals surface area contributed by atoms with Crippen LogP contribution in [0.4, 0.5) is 0 Å². The van der Waals surface area contributed by atoms with E-state index in [9.17, 15) is 4.79 Å². The van der Waals surface area contributed by atoms with E-state index in [2.05, 4.69) is 36.5 Å². The predicted molar refractivity (Wildman–Crippen MR) is 71.4 cm³/mol. The van der Waals surface area contributed by atoms with Crippen LogP contribution in [0.25, 0.3) is 0 Å². The lowest BCUT2D eigenvalue weighted by molar-refractivity contribution is -0.129. The smallest absolute Gasteiger partial charge is 0.227 e. The summed E-state index contributed by atoms with van der Waals surface area (Å²) in [5.41, 5.74) is 2.36. The van der Waals surface area contributed by atoms with E-state index in [0.717, 1.165) is 25.2 Å². The zero-order valence-corrected chi connectivity index (χ0v) is 10.9. The van der Waals surface area contributed by atoms with Crippen LogP contribution in [0, 0.1) is 12.8 Å². The van der Waals surface area contributed by atoms with Gasteiger partial charge in [0.05, 0.1) is 6.42 Å². The zero-order chi connectivity index (χ0) is 12.5. The Kier molecular flexibility index (Phi) is 3.08. The number of hydrogen-bond acceptors (Lipinski definition) is 2. The third-order valence-corrected chi connectivity index (χ3v) is 4.19. The number of nitrogens with one attached hydrogen (secondary N) is 1. The number of nitrogens with zero attached hydrogens (tertiary/aromatic N) is 1. The summed E-state index contributed by atoms with van der Waals surface area (Å²) in [6, 6.07) is 8.81. The normalized spacial score (nSPS) is 26.4. The summed E-state index contributed by atoms with van der Waals surface area (Å²) in [6.45, 7) is 5.03. The molecule has 0 aromatic heterocycles. The standard InChI is InChI=1S/C15H20N2O/c1-11-2-4-12(5-3-11)8-15(18)17-9-13-6-7-16-14(13)10-17/h2-5,13-14,16H,6-10H2,1H3/t13-,14+/m0/s1. The molecule has 1 amide bonds. The van der Waals surface area contributed by atoms with Gasteiger partial charge in [-0.3, -0.25) is 4.79 Å². The molecule has 0 saturated carbocycles. The first kappa shape index (κ1) is 11.7. The van der Waals surface area contributed by atoms with Gasteiger partial charge in [0.25, 0.3) is 0 Å². The Balaban J connectivity index is 1.60. The number of hydrogen-bond donors (Lipinski definition) is 1. The van der Waals surface area contributed by atoms with E-state index in [1.165, 1.54) is 12.0 Å². The SMILES string of the molecule is Cc1ccc(CC(=O)N2C[C@@H]3CCN[C@@H]3C2)cc1. The van der Waals surface area contributed by atoms with Crippen LogP contribution in [0.1, 0.15) is 17.5 Å². The van der Waals surface area contributed by atoms with Gasteiger partial charge >= 0.3 is 0 Å². The van der Waals surface area contributed by atoms with Crippen LogP contribution in [0.5, 0.6) is 0 Å². The number of carbonyl (C=O) groups excluding carboxylic acids is 1. The molecule has 0 radical (unpaired) electrons. The van der Waals surface area contributed by atoms with Crippen molar-refractivity contribution in [2.45, 2.75) is 25.8 Å². The number of amides is 1. The average Bonchev–Trinajstić information content (AvgIpc) is 2.92. The Morgan fingerprint density at radius 2 is 2.11 bits per heavy atom. The van der Waals surface area contributed by atoms with Crippen molar-refractivity contribution in [2.75, 3.05) is 19.6 Å². The minimum absolute atomic E-state index is 0.273. The van der Waals surface area contributed by atoms with E-state index in [4.69, 9.17) is 0 Å². The van der Waals surface area contributed by atoms with Gasteiger partial charge in [-0.2, -0.15) is 0 Å². The lowest BCUT2D eigenvalue weighted by atomic mass is 10.1. The van der Waals surface area contributed by atoms with Crippen LogP contribution in [0.15, 0.2) is 24.3 Å². The number of aryl methyl sites for hydroxylation is 1. The van der Waals surface area contributed by atoms with Gasteiger partial charge in [0, 0.05) is 19.1 Å². The second-order valence-electron chi connectivity index (χ2n) is 5.57. The molecule has 2 aliphatic rings. The third-order valence-electron chi connectivity index (χ3n) is 4.19. The number of likely N-dealkylation sites (tertiary alicyclic amines) is 1. The van der Waals surface area contributed by atoms with Crippen molar-refractivity contribution in [1.82, 2.24) is 10.2 Å². The van der Waals surface area contributed by atoms with Gasteiger partial charge in [-0.05, 0) is 31.4 Å². The zero-order valence-electron chi connectivity index (χ0n) is 10.9. The molecule has 0 unspecified atom stereocenters. The van der Waals surface area contributed by atoms with Crippen molar-refractivity contribution >= 4 is 5.91 Å². The summed E-state index contributed by atoms with van der Waals surface area (Å²) < 4.78 is 0. The maximum atomic E-state index is 12.2. The van der Waals surface area contributed by atoms with Gasteiger partial charge in [0.1, 0.15) is 0 Å². The summed E-state index contributed by atoms with van der Waals surface area (Å²) in [7, 11) is 0. The van der Waals surface area contributed by atoms with E-state index < -0.39 is 0 Å². The molecule has 18 heavy (non-hydrogen) atoms. The van der Waals surface area contributed by atoms with Crippen molar-refractivity contribution in [3.05, 3.63) is 35.4 Å². The highest BCUT2D eigenvalue weighted by Crippen LogP contribution is 2.25. The highest BCUT2D eigenvalue weighted by molar-refractivity contribution is 5.79. The minimum atomic E-state index is 0.273. The van der Waals surface area contributed by atoms with Gasteiger partial charge in [-0.1, -0.05) is 29.8 Å². The van der Waals surface area contributed by atoms with Crippen molar-refractivity contribution in [2.24, 2.45) is 5.92 Å². The molecule has 2 saturated heterocycles. The predicted octanol–water partition coefficient (Wildman–Crippen LogP) is 1.36. The lowest BCUT2D eigenvalue weighted by Crippen LogP contribution is -2.34. The molecule has 2 atom stereocenters. The molecular formula is C15H20N2O. The Morgan fingerprint density at radius 1 is 1.33 bits per heavy atom. The van der Waals surface area contributed by atoms with Crippen LogP contribution in [-0.2, 0) is 11.2 Å². The molecule has 3 rings (SSSR count). The second kappa shape index (κ2) is 4.73. The van der Waals surface area contributed by atoms with Gasteiger partial charge in [0.2, 0.25) is 5.91 Å². The quantitative estimate of drug-likeness (QED) is 0.852. The van der Waals surface area contributed by atoms with Crippen LogP contribution in [0.3, 0.4) is 0 Å². The molecule has 1 aromatic carbocycles. The second-order valence-corrected chi connectivity index (χ2v) is 5.57. The molecular weight excluding hydrogens is 224 g/mol. The molecule has 1 N–H and O–H groups in total. The number of fused-ring (bicyclic) bond motifs is 1.